The average molecular weight is 331 g/mol. The Hall–Kier alpha value is -2.43. The molecular formula is C19H19F2NO2. The minimum absolute atomic E-state index is 0.0421. The van der Waals surface area contributed by atoms with E-state index >= 15 is 0 Å². The number of benzene rings is 2. The van der Waals surface area contributed by atoms with E-state index in [4.69, 9.17) is 4.74 Å². The molecule has 1 amide bonds. The molecule has 1 saturated carbocycles. The summed E-state index contributed by atoms with van der Waals surface area (Å²) in [5.41, 5.74) is 1.28. The number of rotatable bonds is 5. The second kappa shape index (κ2) is 6.59. The van der Waals surface area contributed by atoms with Gasteiger partial charge in [-0.25, -0.2) is 8.78 Å². The van der Waals surface area contributed by atoms with Crippen LogP contribution in [-0.2, 0) is 11.3 Å². The molecule has 3 rings (SSSR count). The Kier molecular flexibility index (Phi) is 4.51. The molecule has 24 heavy (non-hydrogen) atoms. The van der Waals surface area contributed by atoms with Crippen LogP contribution in [0, 0.1) is 17.6 Å². The van der Waals surface area contributed by atoms with Crippen LogP contribution in [0.25, 0.3) is 0 Å². The summed E-state index contributed by atoms with van der Waals surface area (Å²) in [6.07, 6.45) is 0.654. The zero-order valence-corrected chi connectivity index (χ0v) is 13.6. The molecule has 0 saturated heterocycles. The summed E-state index contributed by atoms with van der Waals surface area (Å²) in [6, 6.07) is 11.2. The van der Waals surface area contributed by atoms with Gasteiger partial charge in [-0.2, -0.15) is 0 Å². The van der Waals surface area contributed by atoms with Gasteiger partial charge >= 0.3 is 0 Å². The van der Waals surface area contributed by atoms with Gasteiger partial charge in [-0.05, 0) is 41.7 Å². The van der Waals surface area contributed by atoms with Gasteiger partial charge < -0.3 is 9.64 Å². The summed E-state index contributed by atoms with van der Waals surface area (Å²) in [6.45, 7) is 0.306. The number of nitrogens with zero attached hydrogens (tertiary/aromatic N) is 1. The van der Waals surface area contributed by atoms with Crippen molar-refractivity contribution >= 4 is 5.91 Å². The highest BCUT2D eigenvalue weighted by Gasteiger charge is 2.46. The summed E-state index contributed by atoms with van der Waals surface area (Å²) in [5, 5.41) is 0. The maximum absolute atomic E-state index is 13.8. The molecule has 0 N–H and O–H groups in total. The van der Waals surface area contributed by atoms with E-state index in [0.29, 0.717) is 24.1 Å². The lowest BCUT2D eigenvalue weighted by Gasteiger charge is -2.18. The van der Waals surface area contributed by atoms with Gasteiger partial charge in [-0.1, -0.05) is 24.3 Å². The van der Waals surface area contributed by atoms with E-state index in [2.05, 4.69) is 0 Å². The number of carbonyl (C=O) groups is 1. The van der Waals surface area contributed by atoms with Crippen molar-refractivity contribution in [2.24, 2.45) is 5.92 Å². The van der Waals surface area contributed by atoms with Gasteiger partial charge in [0, 0.05) is 19.5 Å². The zero-order valence-electron chi connectivity index (χ0n) is 13.6. The number of methoxy groups -OCH3 is 1. The maximum atomic E-state index is 13.8. The van der Waals surface area contributed by atoms with Crippen molar-refractivity contribution in [3.05, 3.63) is 65.2 Å². The first-order valence-corrected chi connectivity index (χ1v) is 7.83. The number of hydrogen-bond acceptors (Lipinski definition) is 2. The third kappa shape index (κ3) is 3.25. The van der Waals surface area contributed by atoms with E-state index in [1.807, 2.05) is 0 Å². The first kappa shape index (κ1) is 16.4. The molecule has 2 aromatic carbocycles. The van der Waals surface area contributed by atoms with Crippen molar-refractivity contribution < 1.29 is 18.3 Å². The van der Waals surface area contributed by atoms with Crippen LogP contribution in [0.15, 0.2) is 42.5 Å². The van der Waals surface area contributed by atoms with Gasteiger partial charge in [0.1, 0.15) is 5.82 Å². The van der Waals surface area contributed by atoms with Crippen molar-refractivity contribution in [1.82, 2.24) is 4.90 Å². The first-order valence-electron chi connectivity index (χ1n) is 7.83. The Morgan fingerprint density at radius 1 is 1.21 bits per heavy atom. The number of ether oxygens (including phenoxy) is 1. The van der Waals surface area contributed by atoms with Crippen LogP contribution < -0.4 is 4.74 Å². The first-order chi connectivity index (χ1) is 11.5. The van der Waals surface area contributed by atoms with Crippen molar-refractivity contribution in [1.29, 1.82) is 0 Å². The van der Waals surface area contributed by atoms with Crippen molar-refractivity contribution in [3.8, 4) is 5.75 Å². The van der Waals surface area contributed by atoms with Crippen LogP contribution in [-0.4, -0.2) is 25.0 Å². The Morgan fingerprint density at radius 3 is 2.62 bits per heavy atom. The van der Waals surface area contributed by atoms with E-state index in [0.717, 1.165) is 0 Å². The highest BCUT2D eigenvalue weighted by atomic mass is 19.1. The molecule has 126 valence electrons. The highest BCUT2D eigenvalue weighted by molar-refractivity contribution is 5.82. The molecule has 5 heteroatoms. The lowest BCUT2D eigenvalue weighted by molar-refractivity contribution is -0.131. The van der Waals surface area contributed by atoms with Gasteiger partial charge in [-0.15, -0.1) is 0 Å². The minimum Gasteiger partial charge on any atom is -0.494 e. The molecule has 1 aliphatic carbocycles. The minimum atomic E-state index is -0.452. The van der Waals surface area contributed by atoms with Gasteiger partial charge in [0.15, 0.2) is 11.6 Å². The fourth-order valence-electron chi connectivity index (χ4n) is 3.03. The van der Waals surface area contributed by atoms with Gasteiger partial charge in [0.2, 0.25) is 5.91 Å². The molecule has 2 unspecified atom stereocenters. The molecule has 0 heterocycles. The molecule has 0 spiro atoms. The predicted molar refractivity (Wildman–Crippen MR) is 86.7 cm³/mol. The molecular weight excluding hydrogens is 312 g/mol. The number of hydrogen-bond donors (Lipinski definition) is 0. The van der Waals surface area contributed by atoms with Crippen LogP contribution in [0.2, 0.25) is 0 Å². The standard InChI is InChI=1S/C19H19F2NO2/c1-22(11-12-7-8-18(24-2)17(21)9-12)19(23)15-10-14(15)13-5-3-4-6-16(13)20/h3-9,14-15H,10-11H2,1-2H3. The second-order valence-electron chi connectivity index (χ2n) is 6.13. The normalized spacial score (nSPS) is 19.0. The zero-order chi connectivity index (χ0) is 17.3. The fourth-order valence-corrected chi connectivity index (χ4v) is 3.03. The summed E-state index contributed by atoms with van der Waals surface area (Å²) >= 11 is 0. The molecule has 0 bridgehead atoms. The third-order valence-electron chi connectivity index (χ3n) is 4.42. The Labute approximate surface area is 139 Å². The van der Waals surface area contributed by atoms with E-state index in [1.54, 1.807) is 42.3 Å². The Bertz CT molecular complexity index is 763. The predicted octanol–water partition coefficient (Wildman–Crippen LogP) is 3.74. The lowest BCUT2D eigenvalue weighted by atomic mass is 10.1. The second-order valence-corrected chi connectivity index (χ2v) is 6.13. The molecule has 1 fully saturated rings. The molecule has 3 nitrogen and oxygen atoms in total. The molecule has 0 aliphatic heterocycles. The summed E-state index contributed by atoms with van der Waals surface area (Å²) < 4.78 is 32.4. The van der Waals surface area contributed by atoms with Crippen molar-refractivity contribution in [2.45, 2.75) is 18.9 Å². The third-order valence-corrected chi connectivity index (χ3v) is 4.42. The highest BCUT2D eigenvalue weighted by Crippen LogP contribution is 2.49. The monoisotopic (exact) mass is 331 g/mol. The molecule has 2 aromatic rings. The van der Waals surface area contributed by atoms with E-state index < -0.39 is 5.82 Å². The van der Waals surface area contributed by atoms with E-state index in [-0.39, 0.29) is 29.3 Å². The Balaban J connectivity index is 1.64. The average Bonchev–Trinajstić information content (AvgIpc) is 3.35. The SMILES string of the molecule is COc1ccc(CN(C)C(=O)C2CC2c2ccccc2F)cc1F. The van der Waals surface area contributed by atoms with Crippen LogP contribution in [0.4, 0.5) is 8.78 Å². The largest absolute Gasteiger partial charge is 0.494 e. The molecule has 2 atom stereocenters. The topological polar surface area (TPSA) is 29.5 Å². The number of halogens is 2. The summed E-state index contributed by atoms with van der Waals surface area (Å²) in [5.74, 6) is -0.845. The van der Waals surface area contributed by atoms with Crippen LogP contribution in [0.1, 0.15) is 23.5 Å². The summed E-state index contributed by atoms with van der Waals surface area (Å²) in [4.78, 5) is 14.1. The van der Waals surface area contributed by atoms with Crippen molar-refractivity contribution in [3.63, 3.8) is 0 Å². The van der Waals surface area contributed by atoms with E-state index in [1.165, 1.54) is 19.2 Å². The molecule has 0 radical (unpaired) electrons. The quantitative estimate of drug-likeness (QED) is 0.835. The molecule has 0 aromatic heterocycles. The Morgan fingerprint density at radius 2 is 1.96 bits per heavy atom. The number of carbonyl (C=O) groups excluding carboxylic acids is 1. The smallest absolute Gasteiger partial charge is 0.226 e. The lowest BCUT2D eigenvalue weighted by Crippen LogP contribution is -2.28. The van der Waals surface area contributed by atoms with Crippen LogP contribution >= 0.6 is 0 Å². The van der Waals surface area contributed by atoms with Crippen LogP contribution in [0.5, 0.6) is 5.75 Å². The van der Waals surface area contributed by atoms with Gasteiger partial charge in [0.25, 0.3) is 0 Å². The summed E-state index contributed by atoms with van der Waals surface area (Å²) in [7, 11) is 3.09. The van der Waals surface area contributed by atoms with Gasteiger partial charge in [0.05, 0.1) is 7.11 Å². The fraction of sp³-hybridized carbons (Fsp3) is 0.316. The van der Waals surface area contributed by atoms with E-state index in [9.17, 15) is 13.6 Å². The van der Waals surface area contributed by atoms with Crippen molar-refractivity contribution in [2.75, 3.05) is 14.2 Å². The molecule has 1 aliphatic rings. The number of amides is 1. The van der Waals surface area contributed by atoms with Gasteiger partial charge in [-0.3, -0.25) is 4.79 Å². The van der Waals surface area contributed by atoms with Crippen LogP contribution in [0.3, 0.4) is 0 Å². The maximum Gasteiger partial charge on any atom is 0.226 e.